The first-order chi connectivity index (χ1) is 4.18. The highest BCUT2D eigenvalue weighted by Gasteiger charge is 2.04. The molecular weight excluding hydrogens is 227 g/mol. The lowest BCUT2D eigenvalue weighted by Gasteiger charge is -2.11. The fourth-order valence-electron chi connectivity index (χ4n) is 0.372. The summed E-state index contributed by atoms with van der Waals surface area (Å²) in [6.45, 7) is 4.96. The van der Waals surface area contributed by atoms with E-state index in [4.69, 9.17) is 5.73 Å². The van der Waals surface area contributed by atoms with Gasteiger partial charge in [0, 0.05) is 12.6 Å². The summed E-state index contributed by atoms with van der Waals surface area (Å²) in [5, 5.41) is 0. The van der Waals surface area contributed by atoms with E-state index < -0.39 is 0 Å². The van der Waals surface area contributed by atoms with Crippen molar-refractivity contribution in [1.29, 1.82) is 0 Å². The zero-order valence-corrected chi connectivity index (χ0v) is 8.00. The minimum absolute atomic E-state index is 0.255. The largest absolute Gasteiger partial charge is 0.328 e. The molecule has 0 saturated heterocycles. The van der Waals surface area contributed by atoms with Gasteiger partial charge in [0.05, 0.1) is 4.22 Å². The Morgan fingerprint density at radius 1 is 1.67 bits per heavy atom. The summed E-state index contributed by atoms with van der Waals surface area (Å²) in [5.41, 5.74) is 5.60. The van der Waals surface area contributed by atoms with Crippen LogP contribution in [0, 0.1) is 5.92 Å². The van der Waals surface area contributed by atoms with Gasteiger partial charge in [-0.1, -0.05) is 6.92 Å². The summed E-state index contributed by atoms with van der Waals surface area (Å²) in [5.74, 6) is 0.496. The molecule has 0 fully saturated rings. The molecule has 3 heteroatoms. The Bertz CT molecular complexity index is 91.1. The Labute approximate surface area is 70.1 Å². The van der Waals surface area contributed by atoms with Crippen LogP contribution in [0.3, 0.4) is 0 Å². The zero-order chi connectivity index (χ0) is 7.28. The van der Waals surface area contributed by atoms with Crippen molar-refractivity contribution in [2.45, 2.75) is 19.9 Å². The molecule has 2 nitrogen and oxygen atoms in total. The molecule has 9 heavy (non-hydrogen) atoms. The number of halogens is 1. The first-order valence-electron chi connectivity index (χ1n) is 3.02. The molecule has 0 spiro atoms. The number of aliphatic imine (C=N–C) groups is 1. The highest BCUT2D eigenvalue weighted by atomic mass is 127. The summed E-state index contributed by atoms with van der Waals surface area (Å²) in [6.07, 6.45) is 0. The van der Waals surface area contributed by atoms with Gasteiger partial charge in [0.15, 0.2) is 0 Å². The monoisotopic (exact) mass is 240 g/mol. The second-order valence-electron chi connectivity index (χ2n) is 2.30. The van der Waals surface area contributed by atoms with Crippen LogP contribution in [0.5, 0.6) is 0 Å². The molecular formula is C6H13IN2. The van der Waals surface area contributed by atoms with Gasteiger partial charge in [0.2, 0.25) is 0 Å². The van der Waals surface area contributed by atoms with Crippen molar-refractivity contribution in [3.05, 3.63) is 0 Å². The number of hydrogen-bond acceptors (Lipinski definition) is 2. The third kappa shape index (κ3) is 4.84. The summed E-state index contributed by atoms with van der Waals surface area (Å²) < 4.78 is 1.79. The van der Waals surface area contributed by atoms with Crippen LogP contribution in [0.2, 0.25) is 0 Å². The van der Waals surface area contributed by atoms with Crippen LogP contribution < -0.4 is 5.73 Å². The molecule has 2 unspecified atom stereocenters. The van der Waals surface area contributed by atoms with E-state index in [9.17, 15) is 0 Å². The van der Waals surface area contributed by atoms with Crippen LogP contribution in [0.1, 0.15) is 13.8 Å². The van der Waals surface area contributed by atoms with E-state index >= 15 is 0 Å². The fraction of sp³-hybridized carbons (Fsp3) is 0.833. The van der Waals surface area contributed by atoms with Gasteiger partial charge >= 0.3 is 0 Å². The van der Waals surface area contributed by atoms with E-state index in [1.807, 2.05) is 6.92 Å². The lowest BCUT2D eigenvalue weighted by atomic mass is 10.1. The Kier molecular flexibility index (Phi) is 5.38. The molecule has 0 heterocycles. The number of hydrogen-bond donors (Lipinski definition) is 1. The molecule has 2 atom stereocenters. The summed E-state index contributed by atoms with van der Waals surface area (Å²) in [4.78, 5) is 4.07. The molecule has 0 aromatic heterocycles. The molecule has 0 aromatic rings. The molecule has 0 bridgehead atoms. The third-order valence-electron chi connectivity index (χ3n) is 1.36. The van der Waals surface area contributed by atoms with Gasteiger partial charge in [-0.25, -0.2) is 0 Å². The van der Waals surface area contributed by atoms with Crippen LogP contribution in [-0.4, -0.2) is 16.8 Å². The first kappa shape index (κ1) is 9.36. The van der Waals surface area contributed by atoms with Gasteiger partial charge < -0.3 is 5.73 Å². The SMILES string of the molecule is CC(N)C(C)CN=CI. The molecule has 0 amide bonds. The van der Waals surface area contributed by atoms with Crippen LogP contribution in [0.25, 0.3) is 0 Å². The molecule has 0 aliphatic rings. The maximum absolute atomic E-state index is 5.60. The van der Waals surface area contributed by atoms with Crippen molar-refractivity contribution in [2.24, 2.45) is 16.6 Å². The van der Waals surface area contributed by atoms with Gasteiger partial charge in [-0.05, 0) is 35.4 Å². The Morgan fingerprint density at radius 3 is 2.56 bits per heavy atom. The first-order valence-corrected chi connectivity index (χ1v) is 4.27. The van der Waals surface area contributed by atoms with Gasteiger partial charge in [-0.2, -0.15) is 0 Å². The molecule has 0 aliphatic heterocycles. The summed E-state index contributed by atoms with van der Waals surface area (Å²) >= 11 is 2.11. The molecule has 2 N–H and O–H groups in total. The van der Waals surface area contributed by atoms with Crippen LogP contribution in [0.4, 0.5) is 0 Å². The van der Waals surface area contributed by atoms with E-state index in [-0.39, 0.29) is 6.04 Å². The molecule has 0 radical (unpaired) electrons. The normalized spacial score (nSPS) is 18.2. The molecule has 54 valence electrons. The van der Waals surface area contributed by atoms with Crippen LogP contribution >= 0.6 is 22.6 Å². The molecule has 0 rings (SSSR count). The average Bonchev–Trinajstić information content (AvgIpc) is 1.82. The third-order valence-corrected chi connectivity index (χ3v) is 1.75. The van der Waals surface area contributed by atoms with E-state index in [1.54, 1.807) is 4.22 Å². The van der Waals surface area contributed by atoms with Crippen molar-refractivity contribution in [3.63, 3.8) is 0 Å². The van der Waals surface area contributed by atoms with Crippen molar-refractivity contribution in [3.8, 4) is 0 Å². The van der Waals surface area contributed by atoms with Gasteiger partial charge in [-0.15, -0.1) is 0 Å². The summed E-state index contributed by atoms with van der Waals surface area (Å²) in [7, 11) is 0. The minimum atomic E-state index is 0.255. The quantitative estimate of drug-likeness (QED) is 0.588. The number of rotatable bonds is 3. The minimum Gasteiger partial charge on any atom is -0.328 e. The maximum atomic E-state index is 5.60. The summed E-state index contributed by atoms with van der Waals surface area (Å²) in [6, 6.07) is 0.255. The molecule has 0 aromatic carbocycles. The van der Waals surface area contributed by atoms with Crippen molar-refractivity contribution < 1.29 is 0 Å². The van der Waals surface area contributed by atoms with E-state index in [0.29, 0.717) is 5.92 Å². The molecule has 0 saturated carbocycles. The van der Waals surface area contributed by atoms with Gasteiger partial charge in [-0.3, -0.25) is 4.99 Å². The van der Waals surface area contributed by atoms with Crippen molar-refractivity contribution in [1.82, 2.24) is 0 Å². The average molecular weight is 240 g/mol. The van der Waals surface area contributed by atoms with Crippen molar-refractivity contribution >= 4 is 26.8 Å². The lowest BCUT2D eigenvalue weighted by Crippen LogP contribution is -2.26. The van der Waals surface area contributed by atoms with Gasteiger partial charge in [0.25, 0.3) is 0 Å². The second-order valence-corrected chi connectivity index (χ2v) is 2.86. The number of nitrogens with two attached hydrogens (primary N) is 1. The topological polar surface area (TPSA) is 38.4 Å². The van der Waals surface area contributed by atoms with E-state index in [1.165, 1.54) is 0 Å². The van der Waals surface area contributed by atoms with Gasteiger partial charge in [0.1, 0.15) is 0 Å². The zero-order valence-electron chi connectivity index (χ0n) is 5.84. The fourth-order valence-corrected chi connectivity index (χ4v) is 0.600. The standard InChI is InChI=1S/C6H13IN2/c1-5(6(2)8)3-9-4-7/h4-6H,3,8H2,1-2H3. The Balaban J connectivity index is 3.38. The predicted octanol–water partition coefficient (Wildman–Crippen LogP) is 1.43. The van der Waals surface area contributed by atoms with Crippen molar-refractivity contribution in [2.75, 3.05) is 6.54 Å². The van der Waals surface area contributed by atoms with Crippen LogP contribution in [0.15, 0.2) is 4.99 Å². The lowest BCUT2D eigenvalue weighted by molar-refractivity contribution is 0.497. The predicted molar refractivity (Wildman–Crippen MR) is 50.2 cm³/mol. The Morgan fingerprint density at radius 2 is 2.22 bits per heavy atom. The molecule has 0 aliphatic carbocycles. The van der Waals surface area contributed by atoms with Crippen LogP contribution in [-0.2, 0) is 0 Å². The number of nitrogens with zero attached hydrogens (tertiary/aromatic N) is 1. The smallest absolute Gasteiger partial charge is 0.0595 e. The highest BCUT2D eigenvalue weighted by Crippen LogP contribution is 1.99. The highest BCUT2D eigenvalue weighted by molar-refractivity contribution is 14.1. The maximum Gasteiger partial charge on any atom is 0.0595 e. The van der Waals surface area contributed by atoms with E-state index in [0.717, 1.165) is 6.54 Å². The second kappa shape index (κ2) is 5.17. The van der Waals surface area contributed by atoms with E-state index in [2.05, 4.69) is 34.5 Å². The Hall–Kier alpha value is 0.360.